The average Bonchev–Trinajstić information content (AvgIpc) is 3.06. The maximum atomic E-state index is 12.8. The number of nitrogens with one attached hydrogen (secondary N) is 2. The van der Waals surface area contributed by atoms with Gasteiger partial charge in [-0.3, -0.25) is 4.40 Å². The summed E-state index contributed by atoms with van der Waals surface area (Å²) < 4.78 is 39.7. The number of hydrogen-bond donors (Lipinski definition) is 2. The number of fused-ring (bicyclic) bond motifs is 1. The van der Waals surface area contributed by atoms with Crippen molar-refractivity contribution in [3.8, 4) is 6.07 Å². The molecular formula is C17H13F3N6O. The van der Waals surface area contributed by atoms with Gasteiger partial charge in [0.15, 0.2) is 11.5 Å². The van der Waals surface area contributed by atoms with Crippen molar-refractivity contribution in [1.82, 2.24) is 25.2 Å². The molecule has 0 fully saturated rings. The van der Waals surface area contributed by atoms with Crippen LogP contribution < -0.4 is 10.6 Å². The number of nitriles is 1. The topological polar surface area (TPSA) is 95.1 Å². The molecule has 0 aliphatic rings. The highest BCUT2D eigenvalue weighted by Crippen LogP contribution is 2.29. The minimum absolute atomic E-state index is 0.105. The molecule has 138 valence electrons. The summed E-state index contributed by atoms with van der Waals surface area (Å²) >= 11 is 0. The summed E-state index contributed by atoms with van der Waals surface area (Å²) in [6, 6.07) is 10.4. The van der Waals surface area contributed by atoms with Gasteiger partial charge >= 0.3 is 12.2 Å². The van der Waals surface area contributed by atoms with E-state index < -0.39 is 17.8 Å². The zero-order chi connectivity index (χ0) is 19.4. The van der Waals surface area contributed by atoms with Crippen LogP contribution in [-0.2, 0) is 19.3 Å². The van der Waals surface area contributed by atoms with E-state index in [1.165, 1.54) is 10.5 Å². The van der Waals surface area contributed by atoms with Crippen molar-refractivity contribution in [2.24, 2.45) is 0 Å². The predicted octanol–water partition coefficient (Wildman–Crippen LogP) is 2.62. The Kier molecular flexibility index (Phi) is 4.94. The molecule has 1 aromatic carbocycles. The van der Waals surface area contributed by atoms with Gasteiger partial charge in [-0.05, 0) is 29.8 Å². The summed E-state index contributed by atoms with van der Waals surface area (Å²) in [5, 5.41) is 21.5. The molecule has 2 N–H and O–H groups in total. The van der Waals surface area contributed by atoms with E-state index in [0.29, 0.717) is 5.56 Å². The average molecular weight is 374 g/mol. The highest BCUT2D eigenvalue weighted by molar-refractivity contribution is 5.73. The van der Waals surface area contributed by atoms with Crippen LogP contribution in [0.25, 0.3) is 5.65 Å². The molecule has 2 amide bonds. The van der Waals surface area contributed by atoms with Crippen molar-refractivity contribution < 1.29 is 18.0 Å². The van der Waals surface area contributed by atoms with Gasteiger partial charge < -0.3 is 10.6 Å². The molecule has 27 heavy (non-hydrogen) atoms. The van der Waals surface area contributed by atoms with Crippen LogP contribution in [0.2, 0.25) is 0 Å². The molecule has 2 aromatic heterocycles. The molecule has 0 atom stereocenters. The van der Waals surface area contributed by atoms with Gasteiger partial charge in [0.25, 0.3) is 0 Å². The minimum atomic E-state index is -4.49. The third-order valence-corrected chi connectivity index (χ3v) is 3.72. The highest BCUT2D eigenvalue weighted by Gasteiger charge is 2.31. The number of urea groups is 1. The van der Waals surface area contributed by atoms with Crippen molar-refractivity contribution in [2.75, 3.05) is 0 Å². The lowest BCUT2D eigenvalue weighted by Gasteiger charge is -2.09. The lowest BCUT2D eigenvalue weighted by molar-refractivity contribution is -0.137. The SMILES string of the molecule is N#Cc1cccc(CNC(=O)NCc2nnc3ccc(C(F)(F)F)cn23)c1. The van der Waals surface area contributed by atoms with Crippen molar-refractivity contribution >= 4 is 11.7 Å². The molecule has 0 aliphatic heterocycles. The van der Waals surface area contributed by atoms with Crippen LogP contribution in [0.4, 0.5) is 18.0 Å². The van der Waals surface area contributed by atoms with Crippen LogP contribution >= 0.6 is 0 Å². The van der Waals surface area contributed by atoms with Crippen molar-refractivity contribution in [3.63, 3.8) is 0 Å². The van der Waals surface area contributed by atoms with E-state index in [1.807, 2.05) is 6.07 Å². The Bertz CT molecular complexity index is 1020. The lowest BCUT2D eigenvalue weighted by atomic mass is 10.1. The second kappa shape index (κ2) is 7.33. The zero-order valence-corrected chi connectivity index (χ0v) is 13.8. The smallest absolute Gasteiger partial charge is 0.334 e. The third-order valence-electron chi connectivity index (χ3n) is 3.72. The molecule has 0 bridgehead atoms. The highest BCUT2D eigenvalue weighted by atomic mass is 19.4. The van der Waals surface area contributed by atoms with E-state index in [4.69, 9.17) is 5.26 Å². The number of nitrogens with zero attached hydrogens (tertiary/aromatic N) is 4. The van der Waals surface area contributed by atoms with Crippen LogP contribution in [0.3, 0.4) is 0 Å². The molecule has 0 radical (unpaired) electrons. The van der Waals surface area contributed by atoms with Crippen molar-refractivity contribution in [1.29, 1.82) is 5.26 Å². The summed E-state index contributed by atoms with van der Waals surface area (Å²) in [7, 11) is 0. The number of pyridine rings is 1. The summed E-state index contributed by atoms with van der Waals surface area (Å²) in [6.07, 6.45) is -3.60. The fourth-order valence-electron chi connectivity index (χ4n) is 2.38. The molecular weight excluding hydrogens is 361 g/mol. The van der Waals surface area contributed by atoms with E-state index in [0.717, 1.165) is 17.8 Å². The molecule has 7 nitrogen and oxygen atoms in total. The second-order valence-electron chi connectivity index (χ2n) is 5.61. The number of rotatable bonds is 4. The molecule has 2 heterocycles. The molecule has 0 saturated carbocycles. The second-order valence-corrected chi connectivity index (χ2v) is 5.61. The lowest BCUT2D eigenvalue weighted by Crippen LogP contribution is -2.35. The first-order valence-electron chi connectivity index (χ1n) is 7.78. The van der Waals surface area contributed by atoms with E-state index in [9.17, 15) is 18.0 Å². The maximum absolute atomic E-state index is 12.8. The molecule has 0 aliphatic carbocycles. The van der Waals surface area contributed by atoms with Crippen LogP contribution in [-0.4, -0.2) is 20.6 Å². The Labute approximate surface area is 151 Å². The minimum Gasteiger partial charge on any atom is -0.334 e. The molecule has 0 saturated heterocycles. The first-order valence-corrected chi connectivity index (χ1v) is 7.78. The molecule has 10 heteroatoms. The van der Waals surface area contributed by atoms with E-state index in [1.54, 1.807) is 24.3 Å². The van der Waals surface area contributed by atoms with Gasteiger partial charge in [-0.2, -0.15) is 18.4 Å². The number of aromatic nitrogens is 3. The molecule has 3 aromatic rings. The van der Waals surface area contributed by atoms with Crippen LogP contribution in [0.1, 0.15) is 22.5 Å². The van der Waals surface area contributed by atoms with Crippen molar-refractivity contribution in [2.45, 2.75) is 19.3 Å². The van der Waals surface area contributed by atoms with Gasteiger partial charge in [-0.25, -0.2) is 4.79 Å². The van der Waals surface area contributed by atoms with Gasteiger partial charge in [0.1, 0.15) is 0 Å². The number of amides is 2. The zero-order valence-electron chi connectivity index (χ0n) is 13.8. The van der Waals surface area contributed by atoms with Crippen LogP contribution in [0, 0.1) is 11.3 Å². The summed E-state index contributed by atoms with van der Waals surface area (Å²) in [6.45, 7) is 0.0900. The summed E-state index contributed by atoms with van der Waals surface area (Å²) in [4.78, 5) is 11.9. The normalized spacial score (nSPS) is 11.2. The van der Waals surface area contributed by atoms with E-state index in [-0.39, 0.29) is 24.6 Å². The Morgan fingerprint density at radius 1 is 1.15 bits per heavy atom. The van der Waals surface area contributed by atoms with Crippen LogP contribution in [0.5, 0.6) is 0 Å². The van der Waals surface area contributed by atoms with Gasteiger partial charge in [0, 0.05) is 12.7 Å². The standard InChI is InChI=1S/C17H13F3N6O/c18-17(19,20)13-4-5-14-24-25-15(26(14)10-13)9-23-16(27)22-8-12-3-1-2-11(6-12)7-21/h1-6,10H,8-9H2,(H2,22,23,27). The number of carbonyl (C=O) groups excluding carboxylic acids is 1. The van der Waals surface area contributed by atoms with Crippen molar-refractivity contribution in [3.05, 3.63) is 65.1 Å². The number of benzene rings is 1. The summed E-state index contributed by atoms with van der Waals surface area (Å²) in [5.41, 5.74) is 0.628. The predicted molar refractivity (Wildman–Crippen MR) is 88.2 cm³/mol. The molecule has 0 unspecified atom stereocenters. The number of alkyl halides is 3. The number of carbonyl (C=O) groups is 1. The first-order chi connectivity index (χ1) is 12.9. The fourth-order valence-corrected chi connectivity index (χ4v) is 2.38. The quantitative estimate of drug-likeness (QED) is 0.734. The van der Waals surface area contributed by atoms with Gasteiger partial charge in [-0.1, -0.05) is 12.1 Å². The molecule has 0 spiro atoms. The molecule has 3 rings (SSSR count). The van der Waals surface area contributed by atoms with Gasteiger partial charge in [-0.15, -0.1) is 10.2 Å². The Balaban J connectivity index is 1.62. The third kappa shape index (κ3) is 4.33. The maximum Gasteiger partial charge on any atom is 0.417 e. The first kappa shape index (κ1) is 18.2. The fraction of sp³-hybridized carbons (Fsp3) is 0.176. The van der Waals surface area contributed by atoms with E-state index in [2.05, 4.69) is 20.8 Å². The number of hydrogen-bond acceptors (Lipinski definition) is 4. The van der Waals surface area contributed by atoms with Gasteiger partial charge in [0.2, 0.25) is 0 Å². The Morgan fingerprint density at radius 3 is 2.67 bits per heavy atom. The Morgan fingerprint density at radius 2 is 1.93 bits per heavy atom. The number of halogens is 3. The summed E-state index contributed by atoms with van der Waals surface area (Å²) in [5.74, 6) is 0.165. The van der Waals surface area contributed by atoms with Crippen LogP contribution in [0.15, 0.2) is 42.6 Å². The monoisotopic (exact) mass is 374 g/mol. The van der Waals surface area contributed by atoms with Gasteiger partial charge in [0.05, 0.1) is 23.7 Å². The van der Waals surface area contributed by atoms with E-state index >= 15 is 0 Å². The largest absolute Gasteiger partial charge is 0.417 e. The Hall–Kier alpha value is -3.61.